The molecule has 0 radical (unpaired) electrons. The van der Waals surface area contributed by atoms with Gasteiger partial charge in [-0.05, 0) is 31.8 Å². The quantitative estimate of drug-likeness (QED) is 0.812. The molecule has 1 saturated heterocycles. The lowest BCUT2D eigenvalue weighted by atomic mass is 9.94. The standard InChI is InChI=1S/C9H13F3N4/c10-9(11,12)8-14-7(15-16-8)5-6-1-3-13-4-2-6/h6,13H,1-5H2,(H,14,15,16). The van der Waals surface area contributed by atoms with Crippen LogP contribution in [0.25, 0.3) is 0 Å². The fourth-order valence-electron chi connectivity index (χ4n) is 1.87. The van der Waals surface area contributed by atoms with Gasteiger partial charge in [0.25, 0.3) is 5.82 Å². The molecule has 1 aliphatic rings. The lowest BCUT2D eigenvalue weighted by Crippen LogP contribution is -2.28. The fourth-order valence-corrected chi connectivity index (χ4v) is 1.87. The molecule has 0 spiro atoms. The van der Waals surface area contributed by atoms with Crippen molar-refractivity contribution in [3.63, 3.8) is 0 Å². The minimum Gasteiger partial charge on any atom is -0.317 e. The third-order valence-corrected chi connectivity index (χ3v) is 2.73. The first-order chi connectivity index (χ1) is 7.55. The van der Waals surface area contributed by atoms with Crippen molar-refractivity contribution in [1.29, 1.82) is 0 Å². The Morgan fingerprint density at radius 2 is 1.94 bits per heavy atom. The Kier molecular flexibility index (Phi) is 3.13. The Hall–Kier alpha value is -1.11. The fraction of sp³-hybridized carbons (Fsp3) is 0.778. The van der Waals surface area contributed by atoms with E-state index in [4.69, 9.17) is 0 Å². The van der Waals surface area contributed by atoms with Crippen LogP contribution in [0, 0.1) is 5.92 Å². The SMILES string of the molecule is FC(F)(F)c1n[nH]c(CC2CCNCC2)n1. The zero-order valence-electron chi connectivity index (χ0n) is 8.64. The van der Waals surface area contributed by atoms with Crippen LogP contribution in [0.2, 0.25) is 0 Å². The largest absolute Gasteiger partial charge is 0.453 e. The van der Waals surface area contributed by atoms with E-state index in [-0.39, 0.29) is 0 Å². The maximum Gasteiger partial charge on any atom is 0.453 e. The highest BCUT2D eigenvalue weighted by molar-refractivity contribution is 4.95. The van der Waals surface area contributed by atoms with Gasteiger partial charge in [0.2, 0.25) is 0 Å². The summed E-state index contributed by atoms with van der Waals surface area (Å²) in [6, 6.07) is 0. The number of nitrogens with zero attached hydrogens (tertiary/aromatic N) is 2. The van der Waals surface area contributed by atoms with Crippen molar-refractivity contribution in [2.24, 2.45) is 5.92 Å². The summed E-state index contributed by atoms with van der Waals surface area (Å²) in [5.41, 5.74) is 0. The van der Waals surface area contributed by atoms with E-state index in [0.717, 1.165) is 25.9 Å². The molecule has 2 rings (SSSR count). The van der Waals surface area contributed by atoms with E-state index in [0.29, 0.717) is 18.2 Å². The number of H-pyrrole nitrogens is 1. The van der Waals surface area contributed by atoms with Gasteiger partial charge in [0.05, 0.1) is 0 Å². The van der Waals surface area contributed by atoms with E-state index in [1.54, 1.807) is 0 Å². The summed E-state index contributed by atoms with van der Waals surface area (Å²) in [7, 11) is 0. The first kappa shape index (κ1) is 11.4. The van der Waals surface area contributed by atoms with Crippen LogP contribution in [0.3, 0.4) is 0 Å². The van der Waals surface area contributed by atoms with Crippen molar-refractivity contribution >= 4 is 0 Å². The summed E-state index contributed by atoms with van der Waals surface area (Å²) in [5, 5.41) is 8.74. The maximum atomic E-state index is 12.2. The third-order valence-electron chi connectivity index (χ3n) is 2.73. The molecular formula is C9H13F3N4. The number of piperidine rings is 1. The number of aromatic nitrogens is 3. The molecule has 0 bridgehead atoms. The molecule has 0 amide bonds. The van der Waals surface area contributed by atoms with Gasteiger partial charge >= 0.3 is 6.18 Å². The van der Waals surface area contributed by atoms with Gasteiger partial charge in [0, 0.05) is 6.42 Å². The van der Waals surface area contributed by atoms with E-state index in [9.17, 15) is 13.2 Å². The highest BCUT2D eigenvalue weighted by Gasteiger charge is 2.36. The molecule has 0 unspecified atom stereocenters. The molecule has 1 fully saturated rings. The van der Waals surface area contributed by atoms with E-state index in [1.807, 2.05) is 0 Å². The van der Waals surface area contributed by atoms with Gasteiger partial charge in [-0.3, -0.25) is 5.10 Å². The lowest BCUT2D eigenvalue weighted by molar-refractivity contribution is -0.144. The van der Waals surface area contributed by atoms with Gasteiger partial charge in [-0.25, -0.2) is 4.98 Å². The van der Waals surface area contributed by atoms with Gasteiger partial charge in [-0.15, -0.1) is 5.10 Å². The number of aromatic amines is 1. The predicted molar refractivity (Wildman–Crippen MR) is 50.7 cm³/mol. The minimum atomic E-state index is -4.46. The molecule has 90 valence electrons. The Balaban J connectivity index is 1.97. The molecule has 7 heteroatoms. The van der Waals surface area contributed by atoms with Crippen molar-refractivity contribution in [2.75, 3.05) is 13.1 Å². The first-order valence-corrected chi connectivity index (χ1v) is 5.25. The number of halogens is 3. The minimum absolute atomic E-state index is 0.333. The van der Waals surface area contributed by atoms with Gasteiger partial charge in [0.1, 0.15) is 5.82 Å². The molecule has 2 heterocycles. The van der Waals surface area contributed by atoms with Crippen LogP contribution in [0.1, 0.15) is 24.5 Å². The molecule has 0 aliphatic carbocycles. The molecule has 1 aliphatic heterocycles. The normalized spacial score (nSPS) is 18.9. The highest BCUT2D eigenvalue weighted by atomic mass is 19.4. The number of nitrogens with one attached hydrogen (secondary N) is 2. The van der Waals surface area contributed by atoms with Crippen LogP contribution >= 0.6 is 0 Å². The van der Waals surface area contributed by atoms with Crippen molar-refractivity contribution < 1.29 is 13.2 Å². The van der Waals surface area contributed by atoms with Crippen molar-refractivity contribution in [3.05, 3.63) is 11.6 Å². The zero-order chi connectivity index (χ0) is 11.6. The van der Waals surface area contributed by atoms with Crippen molar-refractivity contribution in [2.45, 2.75) is 25.4 Å². The van der Waals surface area contributed by atoms with Crippen LogP contribution in [-0.2, 0) is 12.6 Å². The second-order valence-corrected chi connectivity index (χ2v) is 4.00. The van der Waals surface area contributed by atoms with Crippen LogP contribution < -0.4 is 5.32 Å². The highest BCUT2D eigenvalue weighted by Crippen LogP contribution is 2.26. The molecule has 16 heavy (non-hydrogen) atoms. The topological polar surface area (TPSA) is 53.6 Å². The maximum absolute atomic E-state index is 12.2. The summed E-state index contributed by atoms with van der Waals surface area (Å²) in [6.45, 7) is 1.84. The van der Waals surface area contributed by atoms with Gasteiger partial charge in [-0.1, -0.05) is 0 Å². The van der Waals surface area contributed by atoms with Gasteiger partial charge in [-0.2, -0.15) is 13.2 Å². The van der Waals surface area contributed by atoms with Gasteiger partial charge in [0.15, 0.2) is 0 Å². The summed E-state index contributed by atoms with van der Waals surface area (Å²) < 4.78 is 36.7. The Morgan fingerprint density at radius 1 is 1.25 bits per heavy atom. The molecule has 1 aromatic rings. The Labute approximate surface area is 90.6 Å². The average Bonchev–Trinajstić information content (AvgIpc) is 2.67. The van der Waals surface area contributed by atoms with Crippen molar-refractivity contribution in [1.82, 2.24) is 20.5 Å². The Morgan fingerprint density at radius 3 is 2.50 bits per heavy atom. The number of rotatable bonds is 2. The van der Waals surface area contributed by atoms with E-state index < -0.39 is 12.0 Å². The van der Waals surface area contributed by atoms with Crippen LogP contribution in [0.5, 0.6) is 0 Å². The lowest BCUT2D eigenvalue weighted by Gasteiger charge is -2.21. The second kappa shape index (κ2) is 4.40. The average molecular weight is 234 g/mol. The predicted octanol–water partition coefficient (Wildman–Crippen LogP) is 1.37. The first-order valence-electron chi connectivity index (χ1n) is 5.25. The zero-order valence-corrected chi connectivity index (χ0v) is 8.64. The number of alkyl halides is 3. The number of hydrogen-bond acceptors (Lipinski definition) is 3. The summed E-state index contributed by atoms with van der Waals surface area (Å²) >= 11 is 0. The monoisotopic (exact) mass is 234 g/mol. The molecule has 0 saturated carbocycles. The van der Waals surface area contributed by atoms with E-state index in [2.05, 4.69) is 20.5 Å². The molecular weight excluding hydrogens is 221 g/mol. The molecule has 2 N–H and O–H groups in total. The van der Waals surface area contributed by atoms with E-state index in [1.165, 1.54) is 0 Å². The third kappa shape index (κ3) is 2.72. The number of hydrogen-bond donors (Lipinski definition) is 2. The summed E-state index contributed by atoms with van der Waals surface area (Å²) in [6.07, 6.45) is -1.96. The van der Waals surface area contributed by atoms with Crippen LogP contribution in [0.4, 0.5) is 13.2 Å². The van der Waals surface area contributed by atoms with Gasteiger partial charge < -0.3 is 5.32 Å². The molecule has 0 aromatic carbocycles. The summed E-state index contributed by atoms with van der Waals surface area (Å²) in [4.78, 5) is 3.46. The molecule has 0 atom stereocenters. The smallest absolute Gasteiger partial charge is 0.317 e. The Bertz CT molecular complexity index is 341. The van der Waals surface area contributed by atoms with E-state index >= 15 is 0 Å². The molecule has 1 aromatic heterocycles. The van der Waals surface area contributed by atoms with Crippen LogP contribution in [0.15, 0.2) is 0 Å². The van der Waals surface area contributed by atoms with Crippen molar-refractivity contribution in [3.8, 4) is 0 Å². The second-order valence-electron chi connectivity index (χ2n) is 4.00. The van der Waals surface area contributed by atoms with Crippen LogP contribution in [-0.4, -0.2) is 28.3 Å². The molecule has 4 nitrogen and oxygen atoms in total. The summed E-state index contributed by atoms with van der Waals surface area (Å²) in [5.74, 6) is -0.342.